The minimum Gasteiger partial charge on any atom is -0.507 e. The molecule has 0 aliphatic heterocycles. The first-order chi connectivity index (χ1) is 9.56. The second-order valence-electron chi connectivity index (χ2n) is 4.28. The highest BCUT2D eigenvalue weighted by Crippen LogP contribution is 2.27. The molecular weight excluding hydrogens is 297 g/mol. The fraction of sp³-hybridized carbons (Fsp3) is 0.133. The van der Waals surface area contributed by atoms with Gasteiger partial charge in [-0.2, -0.15) is 0 Å². The maximum absolute atomic E-state index is 9.97. The number of halogens is 2. The van der Waals surface area contributed by atoms with Gasteiger partial charge in [-0.3, -0.25) is 0 Å². The smallest absolute Gasteiger partial charge is 0.125 e. The Morgan fingerprint density at radius 2 is 1.85 bits per heavy atom. The van der Waals surface area contributed by atoms with Crippen LogP contribution in [0.3, 0.4) is 0 Å². The van der Waals surface area contributed by atoms with E-state index in [1.54, 1.807) is 30.3 Å². The number of oxime groups is 1. The first-order valence-electron chi connectivity index (χ1n) is 6.06. The van der Waals surface area contributed by atoms with Crippen molar-refractivity contribution in [1.29, 1.82) is 0 Å². The van der Waals surface area contributed by atoms with Crippen LogP contribution in [0.2, 0.25) is 10.0 Å². The highest BCUT2D eigenvalue weighted by atomic mass is 35.5. The minimum atomic E-state index is 0.0427. The van der Waals surface area contributed by atoms with Crippen LogP contribution in [-0.2, 0) is 6.42 Å². The lowest BCUT2D eigenvalue weighted by Crippen LogP contribution is -2.04. The molecule has 0 fully saturated rings. The van der Waals surface area contributed by atoms with E-state index < -0.39 is 0 Å². The van der Waals surface area contributed by atoms with Crippen LogP contribution in [0.5, 0.6) is 5.75 Å². The van der Waals surface area contributed by atoms with Crippen molar-refractivity contribution in [2.24, 2.45) is 5.16 Å². The number of phenolic OH excluding ortho intramolecular Hbond substituents is 1. The molecule has 2 rings (SSSR count). The van der Waals surface area contributed by atoms with Gasteiger partial charge >= 0.3 is 0 Å². The molecule has 0 saturated heterocycles. The summed E-state index contributed by atoms with van der Waals surface area (Å²) < 4.78 is 0. The molecule has 3 nitrogen and oxygen atoms in total. The van der Waals surface area contributed by atoms with E-state index in [0.29, 0.717) is 21.2 Å². The Balaban J connectivity index is 2.55. The van der Waals surface area contributed by atoms with Gasteiger partial charge in [0.2, 0.25) is 0 Å². The number of aryl methyl sites for hydroxylation is 1. The molecule has 20 heavy (non-hydrogen) atoms. The molecule has 104 valence electrons. The van der Waals surface area contributed by atoms with Gasteiger partial charge in [0.1, 0.15) is 11.5 Å². The van der Waals surface area contributed by atoms with Gasteiger partial charge in [0.05, 0.1) is 10.0 Å². The number of rotatable bonds is 3. The summed E-state index contributed by atoms with van der Waals surface area (Å²) in [5.41, 5.74) is 2.30. The van der Waals surface area contributed by atoms with Crippen molar-refractivity contribution in [2.75, 3.05) is 0 Å². The van der Waals surface area contributed by atoms with Gasteiger partial charge in [0.15, 0.2) is 0 Å². The Morgan fingerprint density at radius 3 is 2.45 bits per heavy atom. The average Bonchev–Trinajstić information content (AvgIpc) is 2.45. The molecule has 0 aromatic heterocycles. The van der Waals surface area contributed by atoms with E-state index in [4.69, 9.17) is 23.2 Å². The first kappa shape index (κ1) is 14.7. The predicted molar refractivity (Wildman–Crippen MR) is 81.4 cm³/mol. The van der Waals surface area contributed by atoms with E-state index in [0.717, 1.165) is 12.0 Å². The molecule has 0 heterocycles. The summed E-state index contributed by atoms with van der Waals surface area (Å²) in [5, 5.41) is 23.3. The van der Waals surface area contributed by atoms with Crippen molar-refractivity contribution in [1.82, 2.24) is 0 Å². The summed E-state index contributed by atoms with van der Waals surface area (Å²) in [6.45, 7) is 2.01. The first-order valence-corrected chi connectivity index (χ1v) is 6.82. The maximum atomic E-state index is 9.97. The summed E-state index contributed by atoms with van der Waals surface area (Å²) in [4.78, 5) is 0. The summed E-state index contributed by atoms with van der Waals surface area (Å²) >= 11 is 11.8. The molecule has 0 saturated carbocycles. The number of phenols is 1. The van der Waals surface area contributed by atoms with E-state index in [2.05, 4.69) is 5.16 Å². The Bertz CT molecular complexity index is 669. The average molecular weight is 310 g/mol. The third-order valence-corrected chi connectivity index (χ3v) is 3.76. The van der Waals surface area contributed by atoms with Crippen molar-refractivity contribution in [2.45, 2.75) is 13.3 Å². The zero-order valence-electron chi connectivity index (χ0n) is 10.8. The number of aromatic hydroxyl groups is 1. The van der Waals surface area contributed by atoms with Crippen molar-refractivity contribution in [3.8, 4) is 5.75 Å². The SMILES string of the molecule is CCc1ccc(O)c(/C(=N\O)c2ccc(Cl)c(Cl)c2)c1. The van der Waals surface area contributed by atoms with Crippen molar-refractivity contribution in [3.63, 3.8) is 0 Å². The second kappa shape index (κ2) is 6.16. The van der Waals surface area contributed by atoms with Crippen LogP contribution in [0.4, 0.5) is 0 Å². The van der Waals surface area contributed by atoms with E-state index in [9.17, 15) is 10.3 Å². The fourth-order valence-electron chi connectivity index (χ4n) is 1.90. The van der Waals surface area contributed by atoms with Crippen molar-refractivity contribution < 1.29 is 10.3 Å². The van der Waals surface area contributed by atoms with Crippen LogP contribution in [0.1, 0.15) is 23.6 Å². The molecule has 0 spiro atoms. The largest absolute Gasteiger partial charge is 0.507 e. The lowest BCUT2D eigenvalue weighted by atomic mass is 9.99. The monoisotopic (exact) mass is 309 g/mol. The normalized spacial score (nSPS) is 11.7. The Morgan fingerprint density at radius 1 is 1.10 bits per heavy atom. The van der Waals surface area contributed by atoms with E-state index in [-0.39, 0.29) is 11.5 Å². The van der Waals surface area contributed by atoms with Crippen LogP contribution in [0, 0.1) is 0 Å². The number of benzene rings is 2. The molecule has 0 radical (unpaired) electrons. The van der Waals surface area contributed by atoms with Gasteiger partial charge in [0, 0.05) is 11.1 Å². The summed E-state index contributed by atoms with van der Waals surface area (Å²) in [6.07, 6.45) is 0.813. The van der Waals surface area contributed by atoms with Crippen molar-refractivity contribution >= 4 is 28.9 Å². The van der Waals surface area contributed by atoms with Crippen LogP contribution in [0.25, 0.3) is 0 Å². The van der Waals surface area contributed by atoms with Gasteiger partial charge < -0.3 is 10.3 Å². The highest BCUT2D eigenvalue weighted by Gasteiger charge is 2.14. The zero-order valence-corrected chi connectivity index (χ0v) is 12.3. The Labute approximate surface area is 127 Å². The van der Waals surface area contributed by atoms with Gasteiger partial charge in [-0.05, 0) is 36.2 Å². The van der Waals surface area contributed by atoms with Gasteiger partial charge in [-0.15, -0.1) is 0 Å². The molecule has 0 aliphatic carbocycles. The molecule has 5 heteroatoms. The summed E-state index contributed by atoms with van der Waals surface area (Å²) in [6, 6.07) is 10.1. The zero-order chi connectivity index (χ0) is 14.7. The van der Waals surface area contributed by atoms with Crippen LogP contribution in [0.15, 0.2) is 41.6 Å². The summed E-state index contributed by atoms with van der Waals surface area (Å²) in [5.74, 6) is 0.0427. The quantitative estimate of drug-likeness (QED) is 0.498. The van der Waals surface area contributed by atoms with Crippen molar-refractivity contribution in [3.05, 3.63) is 63.1 Å². The van der Waals surface area contributed by atoms with E-state index in [1.807, 2.05) is 13.0 Å². The molecule has 0 aliphatic rings. The molecule has 0 bridgehead atoms. The number of hydrogen-bond acceptors (Lipinski definition) is 3. The molecule has 0 amide bonds. The van der Waals surface area contributed by atoms with Gasteiger partial charge in [0.25, 0.3) is 0 Å². The topological polar surface area (TPSA) is 52.8 Å². The Hall–Kier alpha value is -1.71. The molecule has 2 N–H and O–H groups in total. The molecule has 2 aromatic rings. The third kappa shape index (κ3) is 2.89. The highest BCUT2D eigenvalue weighted by molar-refractivity contribution is 6.42. The third-order valence-electron chi connectivity index (χ3n) is 3.02. The molecule has 0 atom stereocenters. The second-order valence-corrected chi connectivity index (χ2v) is 5.10. The molecule has 2 aromatic carbocycles. The number of hydrogen-bond donors (Lipinski definition) is 2. The van der Waals surface area contributed by atoms with Gasteiger partial charge in [-0.25, -0.2) is 0 Å². The predicted octanol–water partition coefficient (Wildman–Crippen LogP) is 4.49. The van der Waals surface area contributed by atoms with Gasteiger partial charge in [-0.1, -0.05) is 47.4 Å². The van der Waals surface area contributed by atoms with Crippen LogP contribution < -0.4 is 0 Å². The Kier molecular flexibility index (Phi) is 4.53. The molecular formula is C15H13Cl2NO2. The minimum absolute atomic E-state index is 0.0427. The van der Waals surface area contributed by atoms with Crippen LogP contribution in [-0.4, -0.2) is 16.0 Å². The summed E-state index contributed by atoms with van der Waals surface area (Å²) in [7, 11) is 0. The molecule has 0 unspecified atom stereocenters. The van der Waals surface area contributed by atoms with Crippen LogP contribution >= 0.6 is 23.2 Å². The maximum Gasteiger partial charge on any atom is 0.125 e. The van der Waals surface area contributed by atoms with E-state index >= 15 is 0 Å². The lowest BCUT2D eigenvalue weighted by Gasteiger charge is -2.10. The standard InChI is InChI=1S/C15H13Cl2NO2/c1-2-9-3-6-14(19)11(7-9)15(18-20)10-4-5-12(16)13(17)8-10/h3-8,19-20H,2H2,1H3/b18-15-. The fourth-order valence-corrected chi connectivity index (χ4v) is 2.20. The lowest BCUT2D eigenvalue weighted by molar-refractivity contribution is 0.319. The van der Waals surface area contributed by atoms with E-state index in [1.165, 1.54) is 0 Å². The number of nitrogens with zero attached hydrogens (tertiary/aromatic N) is 1.